The first-order valence-corrected chi connectivity index (χ1v) is 9.17. The van der Waals surface area contributed by atoms with Gasteiger partial charge >= 0.3 is 0 Å². The number of amides is 2. The third kappa shape index (κ3) is 4.00. The molecule has 0 aromatic heterocycles. The van der Waals surface area contributed by atoms with Crippen molar-refractivity contribution in [2.24, 2.45) is 0 Å². The van der Waals surface area contributed by atoms with Crippen molar-refractivity contribution < 1.29 is 19.1 Å². The van der Waals surface area contributed by atoms with Gasteiger partial charge in [-0.05, 0) is 71.5 Å². The van der Waals surface area contributed by atoms with Crippen LogP contribution in [0.15, 0.2) is 17.0 Å². The van der Waals surface area contributed by atoms with Crippen molar-refractivity contribution in [1.29, 1.82) is 0 Å². The number of carbonyl (C=O) groups excluding carboxylic acids is 2. The second kappa shape index (κ2) is 8.05. The lowest BCUT2D eigenvalue weighted by Crippen LogP contribution is -2.28. The van der Waals surface area contributed by atoms with E-state index in [9.17, 15) is 9.59 Å². The summed E-state index contributed by atoms with van der Waals surface area (Å²) in [5.74, 6) is 1.07. The Bertz CT molecular complexity index is 660. The molecule has 0 saturated carbocycles. The molecular weight excluding hydrogens is 429 g/mol. The number of carbonyl (C=O) groups is 2. The van der Waals surface area contributed by atoms with Crippen LogP contribution in [-0.2, 0) is 4.79 Å². The van der Waals surface area contributed by atoms with E-state index < -0.39 is 0 Å². The largest absolute Gasteiger partial charge is 0.492 e. The molecule has 0 aliphatic carbocycles. The Hall–Kier alpha value is -1.22. The number of methoxy groups -OCH3 is 1. The van der Waals surface area contributed by atoms with Gasteiger partial charge in [0.1, 0.15) is 0 Å². The zero-order valence-corrected chi connectivity index (χ0v) is 16.2. The SMILES string of the molecule is CCCN1C(=O)S/C(=C/c2cc(I)c(OC)c(OCC)c2)C1=O. The van der Waals surface area contributed by atoms with Gasteiger partial charge in [-0.1, -0.05) is 6.92 Å². The molecule has 0 bridgehead atoms. The van der Waals surface area contributed by atoms with E-state index in [1.807, 2.05) is 26.0 Å². The van der Waals surface area contributed by atoms with E-state index in [0.29, 0.717) is 29.6 Å². The molecule has 1 aromatic rings. The Morgan fingerprint density at radius 2 is 2.04 bits per heavy atom. The lowest BCUT2D eigenvalue weighted by atomic mass is 10.2. The van der Waals surface area contributed by atoms with Gasteiger partial charge in [0.2, 0.25) is 0 Å². The first-order chi connectivity index (χ1) is 11.0. The van der Waals surface area contributed by atoms with E-state index in [1.165, 1.54) is 4.90 Å². The zero-order valence-electron chi connectivity index (χ0n) is 13.2. The fraction of sp³-hybridized carbons (Fsp3) is 0.375. The number of ether oxygens (including phenoxy) is 2. The summed E-state index contributed by atoms with van der Waals surface area (Å²) in [6.07, 6.45) is 2.48. The van der Waals surface area contributed by atoms with Gasteiger partial charge in [-0.2, -0.15) is 0 Å². The van der Waals surface area contributed by atoms with E-state index in [1.54, 1.807) is 13.2 Å². The molecular formula is C16H18INO4S. The Labute approximate surface area is 153 Å². The van der Waals surface area contributed by atoms with E-state index in [4.69, 9.17) is 9.47 Å². The van der Waals surface area contributed by atoms with Crippen LogP contribution in [0.2, 0.25) is 0 Å². The number of imide groups is 1. The number of benzene rings is 1. The predicted octanol–water partition coefficient (Wildman–Crippen LogP) is 4.14. The highest BCUT2D eigenvalue weighted by molar-refractivity contribution is 14.1. The molecule has 1 aromatic carbocycles. The third-order valence-electron chi connectivity index (χ3n) is 3.15. The van der Waals surface area contributed by atoms with Gasteiger partial charge in [-0.15, -0.1) is 0 Å². The molecule has 2 rings (SSSR count). The van der Waals surface area contributed by atoms with Crippen LogP contribution in [0.3, 0.4) is 0 Å². The molecule has 1 saturated heterocycles. The molecule has 1 aliphatic heterocycles. The Balaban J connectivity index is 2.36. The Morgan fingerprint density at radius 3 is 2.65 bits per heavy atom. The molecule has 0 atom stereocenters. The van der Waals surface area contributed by atoms with Gasteiger partial charge in [-0.3, -0.25) is 14.5 Å². The van der Waals surface area contributed by atoms with Crippen molar-refractivity contribution in [1.82, 2.24) is 4.90 Å². The number of nitrogens with zero attached hydrogens (tertiary/aromatic N) is 1. The zero-order chi connectivity index (χ0) is 17.0. The monoisotopic (exact) mass is 447 g/mol. The minimum atomic E-state index is -0.231. The summed E-state index contributed by atoms with van der Waals surface area (Å²) in [4.78, 5) is 25.9. The summed E-state index contributed by atoms with van der Waals surface area (Å²) in [5, 5.41) is -0.212. The summed E-state index contributed by atoms with van der Waals surface area (Å²) in [5.41, 5.74) is 0.806. The van der Waals surface area contributed by atoms with E-state index in [0.717, 1.165) is 27.3 Å². The van der Waals surface area contributed by atoms with Crippen molar-refractivity contribution in [2.75, 3.05) is 20.3 Å². The highest BCUT2D eigenvalue weighted by Gasteiger charge is 2.34. The summed E-state index contributed by atoms with van der Waals surface area (Å²) >= 11 is 3.14. The van der Waals surface area contributed by atoms with Crippen molar-refractivity contribution in [3.63, 3.8) is 0 Å². The van der Waals surface area contributed by atoms with Gasteiger partial charge in [-0.25, -0.2) is 0 Å². The molecule has 0 unspecified atom stereocenters. The second-order valence-electron chi connectivity index (χ2n) is 4.80. The van der Waals surface area contributed by atoms with E-state index >= 15 is 0 Å². The number of halogens is 1. The van der Waals surface area contributed by atoms with Crippen LogP contribution in [0.5, 0.6) is 11.5 Å². The molecule has 0 N–H and O–H groups in total. The molecule has 1 heterocycles. The first-order valence-electron chi connectivity index (χ1n) is 7.27. The number of thioether (sulfide) groups is 1. The Morgan fingerprint density at radius 1 is 1.30 bits per heavy atom. The maximum atomic E-state index is 12.3. The van der Waals surface area contributed by atoms with Crippen molar-refractivity contribution in [2.45, 2.75) is 20.3 Å². The lowest BCUT2D eigenvalue weighted by Gasteiger charge is -2.12. The smallest absolute Gasteiger partial charge is 0.293 e. The summed E-state index contributed by atoms with van der Waals surface area (Å²) < 4.78 is 11.8. The van der Waals surface area contributed by atoms with Crippen molar-refractivity contribution in [3.05, 3.63) is 26.2 Å². The topological polar surface area (TPSA) is 55.8 Å². The number of hydrogen-bond donors (Lipinski definition) is 0. The fourth-order valence-corrected chi connectivity index (χ4v) is 3.91. The van der Waals surface area contributed by atoms with Gasteiger partial charge in [0.15, 0.2) is 11.5 Å². The highest BCUT2D eigenvalue weighted by atomic mass is 127. The quantitative estimate of drug-likeness (QED) is 0.485. The van der Waals surface area contributed by atoms with Gasteiger partial charge < -0.3 is 9.47 Å². The molecule has 23 heavy (non-hydrogen) atoms. The average Bonchev–Trinajstić information content (AvgIpc) is 2.75. The summed E-state index contributed by atoms with van der Waals surface area (Å²) in [7, 11) is 1.59. The molecule has 1 aliphatic rings. The molecule has 0 spiro atoms. The van der Waals surface area contributed by atoms with E-state index in [-0.39, 0.29) is 11.1 Å². The van der Waals surface area contributed by atoms with Crippen LogP contribution in [0.1, 0.15) is 25.8 Å². The molecule has 2 amide bonds. The molecule has 124 valence electrons. The van der Waals surface area contributed by atoms with Crippen LogP contribution >= 0.6 is 34.4 Å². The van der Waals surface area contributed by atoms with E-state index in [2.05, 4.69) is 22.6 Å². The van der Waals surface area contributed by atoms with Crippen LogP contribution in [0.25, 0.3) is 6.08 Å². The number of hydrogen-bond acceptors (Lipinski definition) is 5. The van der Waals surface area contributed by atoms with Gasteiger partial charge in [0.05, 0.1) is 22.2 Å². The van der Waals surface area contributed by atoms with Gasteiger partial charge in [0.25, 0.3) is 11.1 Å². The highest BCUT2D eigenvalue weighted by Crippen LogP contribution is 2.37. The fourth-order valence-electron chi connectivity index (χ4n) is 2.20. The molecule has 7 heteroatoms. The standard InChI is InChI=1S/C16H18INO4S/c1-4-6-18-15(19)13(23-16(18)20)9-10-7-11(17)14(21-3)12(8-10)22-5-2/h7-9H,4-6H2,1-3H3/b13-9+. The summed E-state index contributed by atoms with van der Waals surface area (Å²) in [6.45, 7) is 4.80. The average molecular weight is 447 g/mol. The molecule has 1 fully saturated rings. The first kappa shape index (κ1) is 18.1. The predicted molar refractivity (Wildman–Crippen MR) is 99.8 cm³/mol. The van der Waals surface area contributed by atoms with Crippen LogP contribution < -0.4 is 9.47 Å². The number of rotatable bonds is 6. The van der Waals surface area contributed by atoms with Crippen LogP contribution in [0, 0.1) is 3.57 Å². The molecule has 0 radical (unpaired) electrons. The minimum Gasteiger partial charge on any atom is -0.492 e. The molecule has 5 nitrogen and oxygen atoms in total. The van der Waals surface area contributed by atoms with Gasteiger partial charge in [0, 0.05) is 6.54 Å². The van der Waals surface area contributed by atoms with Crippen molar-refractivity contribution in [3.8, 4) is 11.5 Å². The third-order valence-corrected chi connectivity index (χ3v) is 4.86. The Kier molecular flexibility index (Phi) is 6.34. The maximum absolute atomic E-state index is 12.3. The normalized spacial score (nSPS) is 16.3. The maximum Gasteiger partial charge on any atom is 0.293 e. The lowest BCUT2D eigenvalue weighted by molar-refractivity contribution is -0.122. The summed E-state index contributed by atoms with van der Waals surface area (Å²) in [6, 6.07) is 3.72. The minimum absolute atomic E-state index is 0.212. The van der Waals surface area contributed by atoms with Crippen molar-refractivity contribution >= 4 is 51.6 Å². The van der Waals surface area contributed by atoms with Crippen LogP contribution in [-0.4, -0.2) is 36.3 Å². The second-order valence-corrected chi connectivity index (χ2v) is 6.96. The van der Waals surface area contributed by atoms with Crippen LogP contribution in [0.4, 0.5) is 4.79 Å².